The molecule has 0 aromatic carbocycles. The molecule has 1 rings (SSSR count). The molecule has 0 atom stereocenters. The van der Waals surface area contributed by atoms with Crippen LogP contribution in [0, 0.1) is 5.41 Å². The van der Waals surface area contributed by atoms with Crippen molar-refractivity contribution in [2.45, 2.75) is 39.6 Å². The largest absolute Gasteiger partial charge is 0.425 e. The first-order chi connectivity index (χ1) is 6.30. The van der Waals surface area contributed by atoms with Gasteiger partial charge < -0.3 is 4.65 Å². The van der Waals surface area contributed by atoms with Gasteiger partial charge in [0.15, 0.2) is 0 Å². The van der Waals surface area contributed by atoms with Crippen LogP contribution in [0.3, 0.4) is 0 Å². The molecule has 0 aliphatic carbocycles. The van der Waals surface area contributed by atoms with Crippen molar-refractivity contribution in [3.63, 3.8) is 0 Å². The molecule has 0 aromatic heterocycles. The van der Waals surface area contributed by atoms with Gasteiger partial charge in [0.2, 0.25) is 0 Å². The summed E-state index contributed by atoms with van der Waals surface area (Å²) in [5.41, 5.74) is 0.0569. The Bertz CT molecular complexity index is 257. The van der Waals surface area contributed by atoms with E-state index >= 15 is 0 Å². The van der Waals surface area contributed by atoms with Crippen LogP contribution in [-0.4, -0.2) is 19.2 Å². The molecule has 1 fully saturated rings. The number of hydrogen-bond acceptors (Lipinski definition) is 3. The van der Waals surface area contributed by atoms with Crippen molar-refractivity contribution in [3.8, 4) is 0 Å². The molecule has 4 heteroatoms. The molecule has 2 nitrogen and oxygen atoms in total. The number of thiol groups is 1. The van der Waals surface area contributed by atoms with E-state index in [1.807, 2.05) is 0 Å². The Labute approximate surface area is 92.3 Å². The Morgan fingerprint density at radius 1 is 1.50 bits per heavy atom. The second kappa shape index (κ2) is 3.74. The quantitative estimate of drug-likeness (QED) is 0.423. The van der Waals surface area contributed by atoms with Gasteiger partial charge in [-0.15, -0.1) is 0 Å². The smallest absolute Gasteiger partial charge is 0.335 e. The highest BCUT2D eigenvalue weighted by atomic mass is 32.1. The van der Waals surface area contributed by atoms with Gasteiger partial charge in [-0.2, -0.15) is 12.6 Å². The van der Waals surface area contributed by atoms with Crippen LogP contribution in [-0.2, 0) is 4.65 Å². The van der Waals surface area contributed by atoms with Crippen LogP contribution in [0.1, 0.15) is 27.7 Å². The van der Waals surface area contributed by atoms with E-state index in [1.165, 1.54) is 0 Å². The van der Waals surface area contributed by atoms with Gasteiger partial charge in [0.05, 0.1) is 5.60 Å². The van der Waals surface area contributed by atoms with Crippen LogP contribution in [0.4, 0.5) is 0 Å². The number of hydrogen-bond donors (Lipinski definition) is 1. The van der Waals surface area contributed by atoms with E-state index in [2.05, 4.69) is 52.0 Å². The zero-order valence-electron chi connectivity index (χ0n) is 9.37. The van der Waals surface area contributed by atoms with Crippen molar-refractivity contribution in [3.05, 3.63) is 11.0 Å². The van der Waals surface area contributed by atoms with E-state index in [0.29, 0.717) is 0 Å². The van der Waals surface area contributed by atoms with Gasteiger partial charge in [0, 0.05) is 6.20 Å². The zero-order chi connectivity index (χ0) is 11.0. The normalized spacial score (nSPS) is 25.2. The molecular weight excluding hydrogens is 193 g/mol. The number of aliphatic imine (C=N–C) groups is 1. The lowest BCUT2D eigenvalue weighted by Gasteiger charge is -2.34. The molecule has 1 saturated heterocycles. The van der Waals surface area contributed by atoms with Crippen LogP contribution in [0.5, 0.6) is 0 Å². The predicted molar refractivity (Wildman–Crippen MR) is 66.1 cm³/mol. The molecule has 1 aliphatic rings. The summed E-state index contributed by atoms with van der Waals surface area (Å²) in [6, 6.07) is 0. The molecule has 0 N–H and O–H groups in total. The van der Waals surface area contributed by atoms with Crippen LogP contribution in [0.2, 0.25) is 6.32 Å². The van der Waals surface area contributed by atoms with Gasteiger partial charge in [0.25, 0.3) is 0 Å². The number of nitrogens with zero attached hydrogens (tertiary/aromatic N) is 1. The lowest BCUT2D eigenvalue weighted by Crippen LogP contribution is -2.34. The maximum absolute atomic E-state index is 5.95. The summed E-state index contributed by atoms with van der Waals surface area (Å²) in [5, 5.41) is 0. The molecule has 0 radical (unpaired) electrons. The van der Waals surface area contributed by atoms with Gasteiger partial charge in [0.1, 0.15) is 0 Å². The summed E-state index contributed by atoms with van der Waals surface area (Å²) in [4.78, 5) is 4.57. The summed E-state index contributed by atoms with van der Waals surface area (Å²) in [5.74, 6) is 0. The van der Waals surface area contributed by atoms with Gasteiger partial charge in [-0.1, -0.05) is 13.8 Å². The fourth-order valence-electron chi connectivity index (χ4n) is 1.61. The molecule has 1 heterocycles. The van der Waals surface area contributed by atoms with Crippen LogP contribution in [0.25, 0.3) is 0 Å². The van der Waals surface area contributed by atoms with Crippen molar-refractivity contribution in [1.82, 2.24) is 0 Å². The second-order valence-corrected chi connectivity index (χ2v) is 5.46. The Hall–Kier alpha value is -0.215. The summed E-state index contributed by atoms with van der Waals surface area (Å²) in [6.07, 6.45) is 2.64. The van der Waals surface area contributed by atoms with Crippen molar-refractivity contribution >= 4 is 26.3 Å². The predicted octanol–water partition coefficient (Wildman–Crippen LogP) is 2.82. The zero-order valence-corrected chi connectivity index (χ0v) is 10.3. The topological polar surface area (TPSA) is 21.6 Å². The molecule has 0 amide bonds. The third kappa shape index (κ3) is 2.06. The highest BCUT2D eigenvalue weighted by Crippen LogP contribution is 2.47. The maximum atomic E-state index is 5.95. The Morgan fingerprint density at radius 3 is 2.43 bits per heavy atom. The fraction of sp³-hybridized carbons (Fsp3) is 0.700. The van der Waals surface area contributed by atoms with Crippen molar-refractivity contribution in [1.29, 1.82) is 0 Å². The molecule has 0 bridgehead atoms. The van der Waals surface area contributed by atoms with Crippen LogP contribution in [0.15, 0.2) is 16.0 Å². The SMILES string of the molecule is C=N/C=C(\S)B1CC(C)(C)C(C)(C)O1. The molecule has 0 spiro atoms. The molecule has 14 heavy (non-hydrogen) atoms. The molecule has 0 aromatic rings. The lowest BCUT2D eigenvalue weighted by atomic mass is 9.58. The monoisotopic (exact) mass is 211 g/mol. The first-order valence-electron chi connectivity index (χ1n) is 4.83. The highest BCUT2D eigenvalue weighted by Gasteiger charge is 2.50. The average molecular weight is 211 g/mol. The first kappa shape index (κ1) is 11.9. The third-order valence-electron chi connectivity index (χ3n) is 3.32. The van der Waals surface area contributed by atoms with E-state index in [0.717, 1.165) is 11.1 Å². The summed E-state index contributed by atoms with van der Waals surface area (Å²) >= 11 is 4.36. The second-order valence-electron chi connectivity index (χ2n) is 4.94. The summed E-state index contributed by atoms with van der Waals surface area (Å²) < 4.78 is 5.95. The highest BCUT2D eigenvalue weighted by molar-refractivity contribution is 7.86. The maximum Gasteiger partial charge on any atom is 0.335 e. The minimum absolute atomic E-state index is 0.0637. The lowest BCUT2D eigenvalue weighted by molar-refractivity contribution is 0.0373. The van der Waals surface area contributed by atoms with E-state index in [1.54, 1.807) is 6.20 Å². The van der Waals surface area contributed by atoms with Gasteiger partial charge in [-0.3, -0.25) is 4.99 Å². The van der Waals surface area contributed by atoms with Crippen molar-refractivity contribution < 1.29 is 4.65 Å². The van der Waals surface area contributed by atoms with E-state index in [-0.39, 0.29) is 17.9 Å². The van der Waals surface area contributed by atoms with Crippen molar-refractivity contribution in [2.24, 2.45) is 10.4 Å². The summed E-state index contributed by atoms with van der Waals surface area (Å²) in [6.45, 7) is 12.2. The minimum Gasteiger partial charge on any atom is -0.425 e. The fourth-order valence-corrected chi connectivity index (χ4v) is 1.83. The minimum atomic E-state index is -0.110. The molecule has 1 aliphatic heterocycles. The van der Waals surface area contributed by atoms with E-state index < -0.39 is 0 Å². The Morgan fingerprint density at radius 2 is 2.07 bits per heavy atom. The summed E-state index contributed by atoms with van der Waals surface area (Å²) in [7, 11) is 0. The van der Waals surface area contributed by atoms with Gasteiger partial charge >= 0.3 is 6.92 Å². The molecule has 0 saturated carbocycles. The van der Waals surface area contributed by atoms with Gasteiger partial charge in [-0.25, -0.2) is 0 Å². The molecule has 78 valence electrons. The first-order valence-corrected chi connectivity index (χ1v) is 5.27. The Balaban J connectivity index is 2.83. The molecular formula is C10H18BNOS. The Kier molecular flexibility index (Phi) is 3.17. The van der Waals surface area contributed by atoms with E-state index in [4.69, 9.17) is 4.65 Å². The standard InChI is InChI=1S/C10H18BNOS/c1-9(2)7-11(8(14)6-12-5)13-10(9,3)4/h6,14H,5,7H2,1-4H3/b8-6-. The van der Waals surface area contributed by atoms with E-state index in [9.17, 15) is 0 Å². The molecule has 0 unspecified atom stereocenters. The van der Waals surface area contributed by atoms with Gasteiger partial charge in [-0.05, 0) is 37.1 Å². The number of rotatable bonds is 2. The van der Waals surface area contributed by atoms with Crippen LogP contribution >= 0.6 is 12.6 Å². The van der Waals surface area contributed by atoms with Crippen LogP contribution < -0.4 is 0 Å². The van der Waals surface area contributed by atoms with Crippen molar-refractivity contribution in [2.75, 3.05) is 0 Å². The third-order valence-corrected chi connectivity index (χ3v) is 3.72. The average Bonchev–Trinajstić information content (AvgIpc) is 2.22.